The van der Waals surface area contributed by atoms with E-state index in [0.29, 0.717) is 24.3 Å². The zero-order valence-electron chi connectivity index (χ0n) is 18.0. The molecule has 1 amide bonds. The summed E-state index contributed by atoms with van der Waals surface area (Å²) in [7, 11) is 0. The first-order valence-electron chi connectivity index (χ1n) is 10.9. The van der Waals surface area contributed by atoms with Gasteiger partial charge in [0.2, 0.25) is 0 Å². The molecule has 3 rings (SSSR count). The van der Waals surface area contributed by atoms with Crippen LogP contribution in [0.1, 0.15) is 54.6 Å². The van der Waals surface area contributed by atoms with Crippen molar-refractivity contribution in [2.45, 2.75) is 46.2 Å². The van der Waals surface area contributed by atoms with Crippen molar-refractivity contribution in [1.82, 2.24) is 10.2 Å². The van der Waals surface area contributed by atoms with Crippen LogP contribution in [0.2, 0.25) is 0 Å². The molecule has 0 bridgehead atoms. The number of nitrogens with one attached hydrogen (secondary N) is 1. The van der Waals surface area contributed by atoms with Crippen LogP contribution in [0.25, 0.3) is 0 Å². The minimum absolute atomic E-state index is 0.0484. The topological polar surface area (TPSA) is 58.6 Å². The number of nitrogens with zero attached hydrogens (tertiary/aromatic N) is 1. The lowest BCUT2D eigenvalue weighted by molar-refractivity contribution is -0.123. The molecule has 1 N–H and O–H groups in total. The maximum Gasteiger partial charge on any atom is 0.258 e. The molecule has 0 saturated carbocycles. The van der Waals surface area contributed by atoms with E-state index >= 15 is 0 Å². The minimum Gasteiger partial charge on any atom is -0.484 e. The second-order valence-electron chi connectivity index (χ2n) is 8.09. The predicted octanol–water partition coefficient (Wildman–Crippen LogP) is 4.21. The number of likely N-dealkylation sites (tertiary alicyclic amines) is 1. The maximum absolute atomic E-state index is 12.2. The third-order valence-electron chi connectivity index (χ3n) is 5.73. The van der Waals surface area contributed by atoms with Crippen LogP contribution in [0.5, 0.6) is 5.75 Å². The van der Waals surface area contributed by atoms with Crippen molar-refractivity contribution in [3.05, 3.63) is 65.2 Å². The van der Waals surface area contributed by atoms with E-state index in [1.165, 1.54) is 18.4 Å². The van der Waals surface area contributed by atoms with E-state index in [-0.39, 0.29) is 18.3 Å². The van der Waals surface area contributed by atoms with Crippen molar-refractivity contribution in [1.29, 1.82) is 0 Å². The summed E-state index contributed by atoms with van der Waals surface area (Å²) in [6, 6.07) is 15.2. The second-order valence-corrected chi connectivity index (χ2v) is 8.09. The largest absolute Gasteiger partial charge is 0.484 e. The molecule has 1 aliphatic heterocycles. The Balaban J connectivity index is 1.47. The van der Waals surface area contributed by atoms with Crippen molar-refractivity contribution >= 4 is 11.7 Å². The maximum atomic E-state index is 12.2. The van der Waals surface area contributed by atoms with Crippen molar-refractivity contribution < 1.29 is 14.3 Å². The van der Waals surface area contributed by atoms with Crippen LogP contribution in [0.15, 0.2) is 48.5 Å². The molecule has 2 aromatic carbocycles. The van der Waals surface area contributed by atoms with E-state index < -0.39 is 0 Å². The highest BCUT2D eigenvalue weighted by atomic mass is 16.5. The highest BCUT2D eigenvalue weighted by Gasteiger charge is 2.17. The Morgan fingerprint density at radius 1 is 1.03 bits per heavy atom. The number of benzene rings is 2. The van der Waals surface area contributed by atoms with Crippen LogP contribution in [0.4, 0.5) is 0 Å². The molecule has 0 radical (unpaired) electrons. The summed E-state index contributed by atoms with van der Waals surface area (Å²) < 4.78 is 5.55. The van der Waals surface area contributed by atoms with E-state index in [4.69, 9.17) is 4.74 Å². The third kappa shape index (κ3) is 6.42. The third-order valence-corrected chi connectivity index (χ3v) is 5.73. The molecule has 2 aromatic rings. The molecule has 1 saturated heterocycles. The number of ether oxygens (including phenoxy) is 1. The Bertz CT molecular complexity index is 840. The van der Waals surface area contributed by atoms with Crippen LogP contribution in [-0.4, -0.2) is 36.3 Å². The van der Waals surface area contributed by atoms with Gasteiger partial charge in [0.25, 0.3) is 5.91 Å². The molecule has 5 heteroatoms. The van der Waals surface area contributed by atoms with Gasteiger partial charge in [0.15, 0.2) is 12.4 Å². The van der Waals surface area contributed by atoms with Crippen molar-refractivity contribution in [2.75, 3.05) is 19.7 Å². The first-order chi connectivity index (χ1) is 14.5. The number of piperidine rings is 1. The summed E-state index contributed by atoms with van der Waals surface area (Å²) in [5.74, 6) is 1.33. The molecular formula is C25H32N2O3. The first-order valence-corrected chi connectivity index (χ1v) is 10.9. The Labute approximate surface area is 179 Å². The molecule has 160 valence electrons. The molecule has 0 spiro atoms. The molecule has 0 atom stereocenters. The van der Waals surface area contributed by atoms with Gasteiger partial charge in [-0.15, -0.1) is 0 Å². The van der Waals surface area contributed by atoms with E-state index in [2.05, 4.69) is 35.3 Å². The number of amides is 1. The molecular weight excluding hydrogens is 376 g/mol. The van der Waals surface area contributed by atoms with Gasteiger partial charge < -0.3 is 10.1 Å². The van der Waals surface area contributed by atoms with Gasteiger partial charge in [0.1, 0.15) is 5.75 Å². The van der Waals surface area contributed by atoms with Gasteiger partial charge in [0, 0.05) is 25.1 Å². The van der Waals surface area contributed by atoms with Crippen LogP contribution in [0, 0.1) is 5.92 Å². The van der Waals surface area contributed by atoms with Crippen molar-refractivity contribution in [2.24, 2.45) is 5.92 Å². The first kappa shape index (κ1) is 22.0. The van der Waals surface area contributed by atoms with Gasteiger partial charge in [-0.25, -0.2) is 0 Å². The standard InChI is InChI=1S/C25H32N2O3/c1-3-24(28)20-8-10-23(11-9-20)30-18-25(29)26-16-21-6-4-5-7-22(21)17-27-14-12-19(2)13-15-27/h4-11,19H,3,12-18H2,1-2H3,(H,26,29). The SMILES string of the molecule is CCC(=O)c1ccc(OCC(=O)NCc2ccccc2CN2CCC(C)CC2)cc1. The number of ketones is 1. The Morgan fingerprint density at radius 2 is 1.70 bits per heavy atom. The molecule has 30 heavy (non-hydrogen) atoms. The van der Waals surface area contributed by atoms with E-state index in [0.717, 1.165) is 31.1 Å². The summed E-state index contributed by atoms with van der Waals surface area (Å²) in [4.78, 5) is 26.4. The normalized spacial score (nSPS) is 15.0. The lowest BCUT2D eigenvalue weighted by Crippen LogP contribution is -2.33. The quantitative estimate of drug-likeness (QED) is 0.632. The molecule has 1 heterocycles. The summed E-state index contributed by atoms with van der Waals surface area (Å²) in [6.45, 7) is 7.80. The molecule has 5 nitrogen and oxygen atoms in total. The second kappa shape index (κ2) is 10.9. The number of carbonyl (C=O) groups is 2. The zero-order valence-corrected chi connectivity index (χ0v) is 18.0. The van der Waals surface area contributed by atoms with Crippen molar-refractivity contribution in [3.63, 3.8) is 0 Å². The molecule has 0 unspecified atom stereocenters. The predicted molar refractivity (Wildman–Crippen MR) is 119 cm³/mol. The summed E-state index contributed by atoms with van der Waals surface area (Å²) in [5.41, 5.74) is 3.07. The molecule has 0 aliphatic carbocycles. The monoisotopic (exact) mass is 408 g/mol. The Hall–Kier alpha value is -2.66. The number of Topliss-reactive ketones (excluding diaryl/α,β-unsaturated/α-hetero) is 1. The summed E-state index contributed by atoms with van der Waals surface area (Å²) in [6.07, 6.45) is 2.98. The summed E-state index contributed by atoms with van der Waals surface area (Å²) >= 11 is 0. The van der Waals surface area contributed by atoms with Crippen molar-refractivity contribution in [3.8, 4) is 5.75 Å². The number of hydrogen-bond donors (Lipinski definition) is 1. The zero-order chi connectivity index (χ0) is 21.3. The van der Waals surface area contributed by atoms with E-state index in [9.17, 15) is 9.59 Å². The van der Waals surface area contributed by atoms with Crippen LogP contribution >= 0.6 is 0 Å². The fourth-order valence-corrected chi connectivity index (χ4v) is 3.68. The van der Waals surface area contributed by atoms with E-state index in [1.54, 1.807) is 24.3 Å². The average Bonchev–Trinajstić information content (AvgIpc) is 2.78. The highest BCUT2D eigenvalue weighted by molar-refractivity contribution is 5.95. The van der Waals surface area contributed by atoms with Crippen LogP contribution in [0.3, 0.4) is 0 Å². The van der Waals surface area contributed by atoms with Crippen LogP contribution in [-0.2, 0) is 17.9 Å². The lowest BCUT2D eigenvalue weighted by Gasteiger charge is -2.30. The molecule has 1 aliphatic rings. The van der Waals surface area contributed by atoms with Gasteiger partial charge in [0.05, 0.1) is 0 Å². The van der Waals surface area contributed by atoms with Gasteiger partial charge in [-0.2, -0.15) is 0 Å². The highest BCUT2D eigenvalue weighted by Crippen LogP contribution is 2.20. The fourth-order valence-electron chi connectivity index (χ4n) is 3.68. The number of hydrogen-bond acceptors (Lipinski definition) is 4. The average molecular weight is 409 g/mol. The smallest absolute Gasteiger partial charge is 0.258 e. The lowest BCUT2D eigenvalue weighted by atomic mass is 9.98. The number of rotatable bonds is 9. The number of carbonyl (C=O) groups excluding carboxylic acids is 2. The Kier molecular flexibility index (Phi) is 8.03. The minimum atomic E-state index is -0.162. The molecule has 0 aromatic heterocycles. The Morgan fingerprint density at radius 3 is 2.37 bits per heavy atom. The summed E-state index contributed by atoms with van der Waals surface area (Å²) in [5, 5.41) is 2.96. The van der Waals surface area contributed by atoms with Gasteiger partial charge >= 0.3 is 0 Å². The van der Waals surface area contributed by atoms with Gasteiger partial charge in [-0.1, -0.05) is 38.1 Å². The van der Waals surface area contributed by atoms with Gasteiger partial charge in [-0.05, 0) is 67.2 Å². The molecule has 1 fully saturated rings. The van der Waals surface area contributed by atoms with Crippen LogP contribution < -0.4 is 10.1 Å². The van der Waals surface area contributed by atoms with E-state index in [1.807, 2.05) is 13.0 Å². The fraction of sp³-hybridized carbons (Fsp3) is 0.440. The van der Waals surface area contributed by atoms with Gasteiger partial charge in [-0.3, -0.25) is 14.5 Å².